The minimum absolute atomic E-state index is 0.689. The molecule has 3 nitrogen and oxygen atoms in total. The highest BCUT2D eigenvalue weighted by molar-refractivity contribution is 7.99. The molecule has 1 aromatic rings. The normalized spacial score (nSPS) is 30.8. The zero-order valence-electron chi connectivity index (χ0n) is 9.56. The lowest BCUT2D eigenvalue weighted by Crippen LogP contribution is -2.19. The van der Waals surface area contributed by atoms with Gasteiger partial charge in [0.25, 0.3) is 0 Å². The second kappa shape index (κ2) is 4.80. The number of hydrogen-bond donors (Lipinski definition) is 1. The highest BCUT2D eigenvalue weighted by Crippen LogP contribution is 2.31. The molecular formula is C12H19N3S. The van der Waals surface area contributed by atoms with E-state index < -0.39 is 0 Å². The molecule has 0 aliphatic carbocycles. The van der Waals surface area contributed by atoms with Gasteiger partial charge in [0, 0.05) is 36.1 Å². The van der Waals surface area contributed by atoms with Crippen molar-refractivity contribution in [3.8, 4) is 0 Å². The van der Waals surface area contributed by atoms with Crippen LogP contribution in [0.1, 0.15) is 36.9 Å². The minimum atomic E-state index is 0.689. The van der Waals surface area contributed by atoms with Crippen molar-refractivity contribution in [2.75, 3.05) is 24.6 Å². The van der Waals surface area contributed by atoms with Gasteiger partial charge in [-0.1, -0.05) is 0 Å². The highest BCUT2D eigenvalue weighted by Gasteiger charge is 2.24. The SMILES string of the molecule is c1ncn(C2CCCSC2)c1C1CCNC1. The summed E-state index contributed by atoms with van der Waals surface area (Å²) in [7, 11) is 0. The maximum atomic E-state index is 4.37. The first kappa shape index (κ1) is 10.7. The van der Waals surface area contributed by atoms with Crippen LogP contribution in [-0.2, 0) is 0 Å². The van der Waals surface area contributed by atoms with Gasteiger partial charge in [0.2, 0.25) is 0 Å². The summed E-state index contributed by atoms with van der Waals surface area (Å²) in [5.41, 5.74) is 1.46. The van der Waals surface area contributed by atoms with E-state index in [0.29, 0.717) is 12.0 Å². The number of nitrogens with zero attached hydrogens (tertiary/aromatic N) is 2. The highest BCUT2D eigenvalue weighted by atomic mass is 32.2. The van der Waals surface area contributed by atoms with E-state index in [4.69, 9.17) is 0 Å². The molecule has 2 aliphatic heterocycles. The van der Waals surface area contributed by atoms with Crippen molar-refractivity contribution in [1.29, 1.82) is 0 Å². The number of rotatable bonds is 2. The summed E-state index contributed by atoms with van der Waals surface area (Å²) >= 11 is 2.09. The first-order valence-electron chi connectivity index (χ1n) is 6.25. The van der Waals surface area contributed by atoms with Gasteiger partial charge in [-0.15, -0.1) is 0 Å². The monoisotopic (exact) mass is 237 g/mol. The Morgan fingerprint density at radius 3 is 3.19 bits per heavy atom. The molecule has 0 radical (unpaired) electrons. The van der Waals surface area contributed by atoms with Gasteiger partial charge in [-0.25, -0.2) is 4.98 Å². The predicted molar refractivity (Wildman–Crippen MR) is 68.1 cm³/mol. The summed E-state index contributed by atoms with van der Waals surface area (Å²) in [5, 5.41) is 3.44. The number of imidazole rings is 1. The van der Waals surface area contributed by atoms with E-state index in [1.807, 2.05) is 6.33 Å². The van der Waals surface area contributed by atoms with E-state index in [-0.39, 0.29) is 0 Å². The fourth-order valence-corrected chi connectivity index (χ4v) is 3.92. The fraction of sp³-hybridized carbons (Fsp3) is 0.750. The average Bonchev–Trinajstić information content (AvgIpc) is 3.01. The van der Waals surface area contributed by atoms with Crippen LogP contribution < -0.4 is 5.32 Å². The van der Waals surface area contributed by atoms with Crippen LogP contribution in [0.4, 0.5) is 0 Å². The predicted octanol–water partition coefficient (Wildman–Crippen LogP) is 2.03. The van der Waals surface area contributed by atoms with Gasteiger partial charge >= 0.3 is 0 Å². The van der Waals surface area contributed by atoms with Crippen LogP contribution in [0.2, 0.25) is 0 Å². The molecule has 2 unspecified atom stereocenters. The van der Waals surface area contributed by atoms with E-state index in [1.165, 1.54) is 36.5 Å². The fourth-order valence-electron chi connectivity index (χ4n) is 2.79. The van der Waals surface area contributed by atoms with E-state index in [1.54, 1.807) is 0 Å². The summed E-state index contributed by atoms with van der Waals surface area (Å²) < 4.78 is 2.45. The van der Waals surface area contributed by atoms with Gasteiger partial charge in [-0.3, -0.25) is 0 Å². The van der Waals surface area contributed by atoms with Crippen LogP contribution in [0.25, 0.3) is 0 Å². The number of thioether (sulfide) groups is 1. The van der Waals surface area contributed by atoms with Crippen LogP contribution in [-0.4, -0.2) is 34.1 Å². The Balaban J connectivity index is 1.80. The summed E-state index contributed by atoms with van der Waals surface area (Å²) in [6, 6.07) is 0.692. The van der Waals surface area contributed by atoms with Gasteiger partial charge < -0.3 is 9.88 Å². The molecule has 2 fully saturated rings. The topological polar surface area (TPSA) is 29.9 Å². The quantitative estimate of drug-likeness (QED) is 0.853. The molecule has 88 valence electrons. The molecule has 3 heterocycles. The van der Waals surface area contributed by atoms with Crippen LogP contribution in [0.5, 0.6) is 0 Å². The molecule has 2 saturated heterocycles. The zero-order valence-corrected chi connectivity index (χ0v) is 10.4. The van der Waals surface area contributed by atoms with E-state index >= 15 is 0 Å². The molecule has 0 bridgehead atoms. The Morgan fingerprint density at radius 2 is 2.44 bits per heavy atom. The van der Waals surface area contributed by atoms with Crippen molar-refractivity contribution in [3.63, 3.8) is 0 Å². The first-order chi connectivity index (χ1) is 7.95. The van der Waals surface area contributed by atoms with Crippen LogP contribution in [0.3, 0.4) is 0 Å². The van der Waals surface area contributed by atoms with Crippen molar-refractivity contribution in [2.45, 2.75) is 31.2 Å². The van der Waals surface area contributed by atoms with Gasteiger partial charge in [-0.2, -0.15) is 11.8 Å². The van der Waals surface area contributed by atoms with Crippen molar-refractivity contribution < 1.29 is 0 Å². The molecule has 0 spiro atoms. The van der Waals surface area contributed by atoms with Gasteiger partial charge in [0.1, 0.15) is 0 Å². The molecule has 1 N–H and O–H groups in total. The summed E-state index contributed by atoms with van der Waals surface area (Å²) in [4.78, 5) is 4.37. The molecule has 16 heavy (non-hydrogen) atoms. The molecular weight excluding hydrogens is 218 g/mol. The molecule has 4 heteroatoms. The Bertz CT molecular complexity index is 338. The second-order valence-electron chi connectivity index (χ2n) is 4.79. The molecule has 1 aromatic heterocycles. The minimum Gasteiger partial charge on any atom is -0.330 e. The summed E-state index contributed by atoms with van der Waals surface area (Å²) in [6.45, 7) is 2.29. The van der Waals surface area contributed by atoms with Crippen molar-refractivity contribution in [3.05, 3.63) is 18.2 Å². The maximum absolute atomic E-state index is 4.37. The van der Waals surface area contributed by atoms with Gasteiger partial charge in [0.05, 0.1) is 6.33 Å². The smallest absolute Gasteiger partial charge is 0.0951 e. The summed E-state index contributed by atoms with van der Waals surface area (Å²) in [6.07, 6.45) is 8.08. The molecule has 0 aromatic carbocycles. The van der Waals surface area contributed by atoms with E-state index in [0.717, 1.165) is 13.1 Å². The number of aromatic nitrogens is 2. The Labute approximate surface area is 101 Å². The van der Waals surface area contributed by atoms with Crippen LogP contribution in [0.15, 0.2) is 12.5 Å². The maximum Gasteiger partial charge on any atom is 0.0951 e. The number of nitrogens with one attached hydrogen (secondary N) is 1. The molecule has 2 atom stereocenters. The van der Waals surface area contributed by atoms with Crippen LogP contribution >= 0.6 is 11.8 Å². The largest absolute Gasteiger partial charge is 0.330 e. The zero-order chi connectivity index (χ0) is 10.8. The third-order valence-electron chi connectivity index (χ3n) is 3.70. The standard InChI is InChI=1S/C12H19N3S/c1-2-11(8-16-5-1)15-9-14-7-12(15)10-3-4-13-6-10/h7,9-11,13H,1-6,8H2. The number of hydrogen-bond acceptors (Lipinski definition) is 3. The van der Waals surface area contributed by atoms with Gasteiger partial charge in [0.15, 0.2) is 0 Å². The lowest BCUT2D eigenvalue weighted by atomic mass is 10.0. The van der Waals surface area contributed by atoms with Gasteiger partial charge in [-0.05, 0) is 31.6 Å². The van der Waals surface area contributed by atoms with E-state index in [2.05, 4.69) is 32.8 Å². The Kier molecular flexibility index (Phi) is 3.20. The van der Waals surface area contributed by atoms with Crippen molar-refractivity contribution in [1.82, 2.24) is 14.9 Å². The third-order valence-corrected chi connectivity index (χ3v) is 4.90. The molecule has 2 aliphatic rings. The first-order valence-corrected chi connectivity index (χ1v) is 7.41. The Hall–Kier alpha value is -0.480. The molecule has 0 amide bonds. The van der Waals surface area contributed by atoms with Crippen molar-refractivity contribution >= 4 is 11.8 Å². The second-order valence-corrected chi connectivity index (χ2v) is 5.94. The van der Waals surface area contributed by atoms with E-state index in [9.17, 15) is 0 Å². The third kappa shape index (κ3) is 2.00. The molecule has 3 rings (SSSR count). The lowest BCUT2D eigenvalue weighted by molar-refractivity contribution is 0.472. The van der Waals surface area contributed by atoms with Crippen molar-refractivity contribution in [2.24, 2.45) is 0 Å². The lowest BCUT2D eigenvalue weighted by Gasteiger charge is -2.25. The average molecular weight is 237 g/mol. The molecule has 0 saturated carbocycles. The summed E-state index contributed by atoms with van der Waals surface area (Å²) in [5.74, 6) is 3.30. The van der Waals surface area contributed by atoms with Crippen LogP contribution in [0, 0.1) is 0 Å². The Morgan fingerprint density at radius 1 is 1.44 bits per heavy atom.